The normalized spacial score (nSPS) is 15.1. The summed E-state index contributed by atoms with van der Waals surface area (Å²) in [4.78, 5) is 2.44. The molecule has 1 N–H and O–H groups in total. The zero-order chi connectivity index (χ0) is 13.1. The summed E-state index contributed by atoms with van der Waals surface area (Å²) in [6, 6.07) is 17.1. The largest absolute Gasteiger partial charge is 0.383 e. The molecule has 0 fully saturated rings. The smallest absolute Gasteiger partial charge is 0.0378 e. The van der Waals surface area contributed by atoms with Crippen LogP contribution in [0.1, 0.15) is 5.56 Å². The fraction of sp³-hybridized carbons (Fsp3) is 0.250. The maximum atomic E-state index is 3.55. The van der Waals surface area contributed by atoms with E-state index in [9.17, 15) is 0 Å². The lowest BCUT2D eigenvalue weighted by molar-refractivity contribution is 0.774. The van der Waals surface area contributed by atoms with Crippen LogP contribution in [-0.2, 0) is 6.42 Å². The molecule has 2 aromatic carbocycles. The van der Waals surface area contributed by atoms with Gasteiger partial charge in [0.05, 0.1) is 0 Å². The molecule has 0 amide bonds. The molecule has 0 saturated heterocycles. The van der Waals surface area contributed by atoms with Crippen molar-refractivity contribution in [2.75, 3.05) is 29.9 Å². The Morgan fingerprint density at radius 1 is 1.00 bits per heavy atom. The summed E-state index contributed by atoms with van der Waals surface area (Å²) in [5, 5.41) is 3.53. The molecule has 0 bridgehead atoms. The number of hydrogen-bond acceptors (Lipinski definition) is 2. The van der Waals surface area contributed by atoms with Crippen LogP contribution in [0.2, 0.25) is 0 Å². The summed E-state index contributed by atoms with van der Waals surface area (Å²) >= 11 is 3.55. The first-order chi connectivity index (χ1) is 9.33. The predicted octanol–water partition coefficient (Wildman–Crippen LogP) is 3.92. The van der Waals surface area contributed by atoms with E-state index < -0.39 is 0 Å². The first-order valence-electron chi connectivity index (χ1n) is 6.65. The van der Waals surface area contributed by atoms with Crippen molar-refractivity contribution in [2.45, 2.75) is 6.42 Å². The van der Waals surface area contributed by atoms with Crippen LogP contribution in [0.25, 0.3) is 0 Å². The highest BCUT2D eigenvalue weighted by Crippen LogP contribution is 2.23. The minimum absolute atomic E-state index is 0.976. The highest BCUT2D eigenvalue weighted by atomic mass is 79.9. The molecule has 0 radical (unpaired) electrons. The zero-order valence-corrected chi connectivity index (χ0v) is 12.4. The van der Waals surface area contributed by atoms with Gasteiger partial charge in [-0.15, -0.1) is 0 Å². The third-order valence-corrected chi connectivity index (χ3v) is 4.03. The Balaban J connectivity index is 1.81. The van der Waals surface area contributed by atoms with Crippen molar-refractivity contribution >= 4 is 27.3 Å². The molecule has 2 nitrogen and oxygen atoms in total. The molecular weight excluding hydrogens is 300 g/mol. The lowest BCUT2D eigenvalue weighted by Crippen LogP contribution is -2.33. The number of rotatable bonds is 1. The number of hydrogen-bond donors (Lipinski definition) is 1. The average molecular weight is 317 g/mol. The molecule has 1 heterocycles. The van der Waals surface area contributed by atoms with Crippen LogP contribution in [0.5, 0.6) is 0 Å². The monoisotopic (exact) mass is 316 g/mol. The topological polar surface area (TPSA) is 15.3 Å². The Bertz CT molecular complexity index is 568. The van der Waals surface area contributed by atoms with Crippen LogP contribution in [0.4, 0.5) is 11.4 Å². The quantitative estimate of drug-likeness (QED) is 0.857. The van der Waals surface area contributed by atoms with E-state index in [0.717, 1.165) is 30.5 Å². The van der Waals surface area contributed by atoms with Gasteiger partial charge < -0.3 is 10.2 Å². The Morgan fingerprint density at radius 3 is 2.79 bits per heavy atom. The van der Waals surface area contributed by atoms with Crippen molar-refractivity contribution in [3.8, 4) is 0 Å². The molecule has 3 heteroatoms. The fourth-order valence-corrected chi connectivity index (χ4v) is 2.92. The SMILES string of the molecule is Brc1cccc(N2CCNc3ccccc3CC2)c1. The Kier molecular flexibility index (Phi) is 3.74. The van der Waals surface area contributed by atoms with E-state index in [-0.39, 0.29) is 0 Å². The number of nitrogens with one attached hydrogen (secondary N) is 1. The number of fused-ring (bicyclic) bond motifs is 1. The first-order valence-corrected chi connectivity index (χ1v) is 7.44. The standard InChI is InChI=1S/C16H17BrN2/c17-14-5-3-6-15(12-14)19-10-8-13-4-1-2-7-16(13)18-9-11-19/h1-7,12,18H,8-11H2. The molecule has 0 unspecified atom stereocenters. The van der Waals surface area contributed by atoms with Gasteiger partial charge in [-0.25, -0.2) is 0 Å². The van der Waals surface area contributed by atoms with Gasteiger partial charge in [0.1, 0.15) is 0 Å². The van der Waals surface area contributed by atoms with Crippen molar-refractivity contribution in [3.05, 3.63) is 58.6 Å². The van der Waals surface area contributed by atoms with Crippen LogP contribution < -0.4 is 10.2 Å². The van der Waals surface area contributed by atoms with E-state index in [1.165, 1.54) is 16.9 Å². The van der Waals surface area contributed by atoms with Gasteiger partial charge in [0.25, 0.3) is 0 Å². The highest BCUT2D eigenvalue weighted by Gasteiger charge is 2.12. The fourth-order valence-electron chi connectivity index (χ4n) is 2.53. The van der Waals surface area contributed by atoms with Crippen molar-refractivity contribution in [3.63, 3.8) is 0 Å². The van der Waals surface area contributed by atoms with Gasteiger partial charge in [-0.1, -0.05) is 40.2 Å². The van der Waals surface area contributed by atoms with E-state index in [1.807, 2.05) is 0 Å². The summed E-state index contributed by atoms with van der Waals surface area (Å²) in [6.45, 7) is 3.07. The summed E-state index contributed by atoms with van der Waals surface area (Å²) in [5.74, 6) is 0. The van der Waals surface area contributed by atoms with E-state index in [2.05, 4.69) is 74.7 Å². The molecule has 0 aliphatic carbocycles. The molecule has 3 rings (SSSR count). The van der Waals surface area contributed by atoms with Crippen molar-refractivity contribution in [1.82, 2.24) is 0 Å². The number of para-hydroxylation sites is 1. The van der Waals surface area contributed by atoms with Crippen LogP contribution in [0.15, 0.2) is 53.0 Å². The molecule has 1 aliphatic heterocycles. The number of nitrogens with zero attached hydrogens (tertiary/aromatic N) is 1. The lowest BCUT2D eigenvalue weighted by Gasteiger charge is -2.28. The minimum atomic E-state index is 0.976. The molecule has 2 aromatic rings. The zero-order valence-electron chi connectivity index (χ0n) is 10.8. The lowest BCUT2D eigenvalue weighted by atomic mass is 10.1. The summed E-state index contributed by atoms with van der Waals surface area (Å²) in [6.07, 6.45) is 1.08. The van der Waals surface area contributed by atoms with Gasteiger partial charge in [-0.3, -0.25) is 0 Å². The van der Waals surface area contributed by atoms with Gasteiger partial charge >= 0.3 is 0 Å². The van der Waals surface area contributed by atoms with Crippen molar-refractivity contribution in [2.24, 2.45) is 0 Å². The Labute approximate surface area is 122 Å². The molecule has 0 spiro atoms. The first kappa shape index (κ1) is 12.5. The number of halogens is 1. The second-order valence-corrected chi connectivity index (χ2v) is 5.72. The van der Waals surface area contributed by atoms with Crippen LogP contribution >= 0.6 is 15.9 Å². The number of benzene rings is 2. The molecular formula is C16H17BrN2. The van der Waals surface area contributed by atoms with E-state index in [1.54, 1.807) is 0 Å². The summed E-state index contributed by atoms with van der Waals surface area (Å²) in [5.41, 5.74) is 3.98. The van der Waals surface area contributed by atoms with Gasteiger partial charge in [0, 0.05) is 35.5 Å². The second kappa shape index (κ2) is 5.66. The Hall–Kier alpha value is -1.48. The molecule has 0 saturated carbocycles. The molecule has 19 heavy (non-hydrogen) atoms. The molecule has 0 atom stereocenters. The molecule has 1 aliphatic rings. The van der Waals surface area contributed by atoms with Crippen LogP contribution in [0, 0.1) is 0 Å². The summed E-state index contributed by atoms with van der Waals surface area (Å²) in [7, 11) is 0. The highest BCUT2D eigenvalue weighted by molar-refractivity contribution is 9.10. The van der Waals surface area contributed by atoms with Gasteiger partial charge in [0.15, 0.2) is 0 Å². The van der Waals surface area contributed by atoms with E-state index in [4.69, 9.17) is 0 Å². The maximum Gasteiger partial charge on any atom is 0.0378 e. The van der Waals surface area contributed by atoms with E-state index in [0.29, 0.717) is 0 Å². The van der Waals surface area contributed by atoms with Crippen molar-refractivity contribution in [1.29, 1.82) is 0 Å². The Morgan fingerprint density at radius 2 is 1.89 bits per heavy atom. The minimum Gasteiger partial charge on any atom is -0.383 e. The van der Waals surface area contributed by atoms with Crippen LogP contribution in [0.3, 0.4) is 0 Å². The predicted molar refractivity (Wildman–Crippen MR) is 85.0 cm³/mol. The molecule has 0 aromatic heterocycles. The third kappa shape index (κ3) is 2.92. The van der Waals surface area contributed by atoms with Gasteiger partial charge in [-0.05, 0) is 36.2 Å². The number of anilines is 2. The summed E-state index contributed by atoms with van der Waals surface area (Å²) < 4.78 is 1.14. The average Bonchev–Trinajstić information content (AvgIpc) is 2.40. The van der Waals surface area contributed by atoms with Gasteiger partial charge in [0.2, 0.25) is 0 Å². The molecule has 98 valence electrons. The maximum absolute atomic E-state index is 3.55. The second-order valence-electron chi connectivity index (χ2n) is 4.80. The van der Waals surface area contributed by atoms with Crippen molar-refractivity contribution < 1.29 is 0 Å². The third-order valence-electron chi connectivity index (χ3n) is 3.54. The van der Waals surface area contributed by atoms with Gasteiger partial charge in [-0.2, -0.15) is 0 Å². The van der Waals surface area contributed by atoms with Crippen LogP contribution in [-0.4, -0.2) is 19.6 Å². The van der Waals surface area contributed by atoms with E-state index >= 15 is 0 Å².